The van der Waals surface area contributed by atoms with Crippen LogP contribution in [-0.2, 0) is 0 Å². The molecule has 0 aromatic carbocycles. The molecule has 0 aromatic rings. The van der Waals surface area contributed by atoms with E-state index in [0.29, 0.717) is 0 Å². The molecule has 0 saturated carbocycles. The first kappa shape index (κ1) is 12.4. The molecule has 0 bridgehead atoms. The van der Waals surface area contributed by atoms with Crippen molar-refractivity contribution in [1.29, 1.82) is 0 Å². The smallest absolute Gasteiger partial charge is 0.115 e. The predicted octanol–water partition coefficient (Wildman–Crippen LogP) is 2.32. The summed E-state index contributed by atoms with van der Waals surface area (Å²) in [7, 11) is -2.00. The van der Waals surface area contributed by atoms with Crippen molar-refractivity contribution >= 4 is 16.5 Å². The van der Waals surface area contributed by atoms with Crippen molar-refractivity contribution in [2.24, 2.45) is 0 Å². The lowest BCUT2D eigenvalue weighted by atomic mass is 10.6. The molecule has 0 atom stereocenters. The number of likely N-dealkylation sites (N-methyl/N-ethyl adjacent to an activating group) is 1. The second-order valence-electron chi connectivity index (χ2n) is 5.63. The van der Waals surface area contributed by atoms with Gasteiger partial charge in [-0.1, -0.05) is 33.1 Å². The monoisotopic (exact) mass is 230 g/mol. The first-order valence-corrected chi connectivity index (χ1v) is 12.2. The second kappa shape index (κ2) is 4.47. The van der Waals surface area contributed by atoms with Gasteiger partial charge in [0.2, 0.25) is 0 Å². The van der Waals surface area contributed by atoms with Gasteiger partial charge in [-0.2, -0.15) is 0 Å². The second-order valence-corrected chi connectivity index (χ2v) is 15.4. The van der Waals surface area contributed by atoms with Crippen LogP contribution in [0.1, 0.15) is 6.92 Å². The first-order valence-electron chi connectivity index (χ1n) is 5.88. The van der Waals surface area contributed by atoms with Crippen LogP contribution >= 0.6 is 0 Å². The zero-order chi connectivity index (χ0) is 10.8. The van der Waals surface area contributed by atoms with Gasteiger partial charge in [-0.25, -0.2) is 0 Å². The van der Waals surface area contributed by atoms with E-state index in [0.717, 1.165) is 6.54 Å². The minimum absolute atomic E-state index is 1.000. The van der Waals surface area contributed by atoms with Crippen LogP contribution in [0.4, 0.5) is 0 Å². The lowest BCUT2D eigenvalue weighted by Crippen LogP contribution is -2.56. The average Bonchev–Trinajstić information content (AvgIpc) is 2.27. The van der Waals surface area contributed by atoms with Gasteiger partial charge < -0.3 is 9.55 Å². The van der Waals surface area contributed by atoms with Crippen molar-refractivity contribution in [3.05, 3.63) is 0 Å². The number of nitrogens with zero attached hydrogens (tertiary/aromatic N) is 1. The maximum absolute atomic E-state index is 3.45. The van der Waals surface area contributed by atoms with Gasteiger partial charge in [0.25, 0.3) is 0 Å². The molecule has 1 aliphatic rings. The molecular weight excluding hydrogens is 204 g/mol. The van der Waals surface area contributed by atoms with E-state index < -0.39 is 16.5 Å². The average molecular weight is 231 g/mol. The Bertz CT molecular complexity index is 177. The van der Waals surface area contributed by atoms with E-state index in [1.54, 1.807) is 0 Å². The van der Waals surface area contributed by atoms with Gasteiger partial charge in [0.1, 0.15) is 16.5 Å². The van der Waals surface area contributed by atoms with Gasteiger partial charge in [-0.15, -0.1) is 0 Å². The van der Waals surface area contributed by atoms with Crippen LogP contribution in [0, 0.1) is 0 Å². The van der Waals surface area contributed by atoms with E-state index in [9.17, 15) is 0 Å². The molecule has 1 N–H and O–H groups in total. The van der Waals surface area contributed by atoms with Gasteiger partial charge in [-0.3, -0.25) is 0 Å². The Morgan fingerprint density at radius 2 is 1.57 bits per heavy atom. The molecule has 0 aromatic heterocycles. The highest BCUT2D eigenvalue weighted by atomic mass is 28.4. The van der Waals surface area contributed by atoms with Gasteiger partial charge in [-0.05, 0) is 25.2 Å². The van der Waals surface area contributed by atoms with Crippen molar-refractivity contribution in [3.8, 4) is 0 Å². The standard InChI is InChI=1S/C10H26N2Si2/c1-6-11-7-8-12-13(2,3)9-10-14(12,4)5/h11H,6-10H2,1-5H3. The Morgan fingerprint density at radius 1 is 1.07 bits per heavy atom. The molecule has 4 heteroatoms. The third-order valence-corrected chi connectivity index (χ3v) is 14.0. The number of nitrogens with one attached hydrogen (secondary N) is 1. The van der Waals surface area contributed by atoms with Crippen molar-refractivity contribution in [2.75, 3.05) is 19.6 Å². The zero-order valence-electron chi connectivity index (χ0n) is 10.5. The van der Waals surface area contributed by atoms with Gasteiger partial charge in [0.05, 0.1) is 0 Å². The minimum Gasteiger partial charge on any atom is -0.344 e. The van der Waals surface area contributed by atoms with E-state index >= 15 is 0 Å². The molecule has 84 valence electrons. The van der Waals surface area contributed by atoms with Crippen LogP contribution in [0.3, 0.4) is 0 Å². The summed E-state index contributed by atoms with van der Waals surface area (Å²) in [5.74, 6) is 0. The Kier molecular flexibility index (Phi) is 3.97. The molecule has 1 heterocycles. The van der Waals surface area contributed by atoms with Crippen molar-refractivity contribution in [2.45, 2.75) is 45.2 Å². The number of hydrogen-bond acceptors (Lipinski definition) is 2. The van der Waals surface area contributed by atoms with Crippen molar-refractivity contribution in [1.82, 2.24) is 9.55 Å². The van der Waals surface area contributed by atoms with Crippen LogP contribution in [-0.4, -0.2) is 40.3 Å². The highest BCUT2D eigenvalue weighted by molar-refractivity contribution is 6.95. The van der Waals surface area contributed by atoms with Crippen LogP contribution in [0.2, 0.25) is 38.3 Å². The lowest BCUT2D eigenvalue weighted by Gasteiger charge is -2.38. The summed E-state index contributed by atoms with van der Waals surface area (Å²) in [6, 6.07) is 3.05. The molecule has 14 heavy (non-hydrogen) atoms. The largest absolute Gasteiger partial charge is 0.344 e. The Hall–Kier alpha value is 0.354. The fourth-order valence-electron chi connectivity index (χ4n) is 2.67. The van der Waals surface area contributed by atoms with E-state index in [2.05, 4.69) is 42.7 Å². The normalized spacial score (nSPS) is 25.5. The molecule has 0 unspecified atom stereocenters. The number of hydrogen-bond donors (Lipinski definition) is 1. The van der Waals surface area contributed by atoms with Crippen molar-refractivity contribution < 1.29 is 0 Å². The molecule has 2 nitrogen and oxygen atoms in total. The Labute approximate surface area is 91.2 Å². The maximum atomic E-state index is 3.45. The molecule has 0 amide bonds. The first-order chi connectivity index (χ1) is 6.40. The van der Waals surface area contributed by atoms with Crippen LogP contribution in [0.15, 0.2) is 0 Å². The highest BCUT2D eigenvalue weighted by Gasteiger charge is 2.46. The van der Waals surface area contributed by atoms with Crippen LogP contribution in [0.25, 0.3) is 0 Å². The third-order valence-electron chi connectivity index (χ3n) is 3.57. The van der Waals surface area contributed by atoms with E-state index in [4.69, 9.17) is 0 Å². The van der Waals surface area contributed by atoms with Crippen LogP contribution in [0.5, 0.6) is 0 Å². The Morgan fingerprint density at radius 3 is 2.00 bits per heavy atom. The molecule has 0 radical (unpaired) electrons. The fraction of sp³-hybridized carbons (Fsp3) is 1.00. The summed E-state index contributed by atoms with van der Waals surface area (Å²) in [4.78, 5) is 0. The topological polar surface area (TPSA) is 15.3 Å². The van der Waals surface area contributed by atoms with E-state index in [-0.39, 0.29) is 0 Å². The molecule has 0 spiro atoms. The van der Waals surface area contributed by atoms with Gasteiger partial charge in [0.15, 0.2) is 0 Å². The molecular formula is C10H26N2Si2. The molecule has 1 rings (SSSR count). The third kappa shape index (κ3) is 2.69. The molecule has 1 fully saturated rings. The van der Waals surface area contributed by atoms with Crippen LogP contribution < -0.4 is 5.32 Å². The van der Waals surface area contributed by atoms with Gasteiger partial charge >= 0.3 is 0 Å². The summed E-state index contributed by atoms with van der Waals surface area (Å²) in [5.41, 5.74) is 0. The predicted molar refractivity (Wildman–Crippen MR) is 69.8 cm³/mol. The quantitative estimate of drug-likeness (QED) is 0.589. The molecule has 1 aliphatic heterocycles. The van der Waals surface area contributed by atoms with Gasteiger partial charge in [0, 0.05) is 6.54 Å². The summed E-state index contributed by atoms with van der Waals surface area (Å²) in [6.07, 6.45) is 0. The summed E-state index contributed by atoms with van der Waals surface area (Å²) < 4.78 is 2.93. The summed E-state index contributed by atoms with van der Waals surface area (Å²) in [6.45, 7) is 15.9. The van der Waals surface area contributed by atoms with E-state index in [1.807, 2.05) is 0 Å². The summed E-state index contributed by atoms with van der Waals surface area (Å²) in [5, 5.41) is 3.45. The van der Waals surface area contributed by atoms with E-state index in [1.165, 1.54) is 25.2 Å². The minimum atomic E-state index is -1.000. The zero-order valence-corrected chi connectivity index (χ0v) is 12.5. The highest BCUT2D eigenvalue weighted by Crippen LogP contribution is 2.36. The van der Waals surface area contributed by atoms with Crippen molar-refractivity contribution in [3.63, 3.8) is 0 Å². The SMILES string of the molecule is CCNCCN1[Si](C)(C)CC[Si]1(C)C. The maximum Gasteiger partial charge on any atom is 0.115 e. The molecule has 0 aliphatic carbocycles. The Balaban J connectivity index is 2.53. The molecule has 1 saturated heterocycles. The fourth-order valence-corrected chi connectivity index (χ4v) is 16.8. The number of rotatable bonds is 4. The lowest BCUT2D eigenvalue weighted by molar-refractivity contribution is 0.576. The summed E-state index contributed by atoms with van der Waals surface area (Å²) >= 11 is 0.